The van der Waals surface area contributed by atoms with Crippen LogP contribution in [0.1, 0.15) is 12.5 Å². The molecule has 3 heterocycles. The van der Waals surface area contributed by atoms with Crippen molar-refractivity contribution < 1.29 is 19.0 Å². The van der Waals surface area contributed by atoms with Gasteiger partial charge in [0.05, 0.1) is 36.8 Å². The topological polar surface area (TPSA) is 128 Å². The fourth-order valence-corrected chi connectivity index (χ4v) is 3.82. The Hall–Kier alpha value is -3.46. The number of aromatic nitrogens is 2. The van der Waals surface area contributed by atoms with Gasteiger partial charge in [-0.05, 0) is 30.0 Å². The Kier molecular flexibility index (Phi) is 4.90. The van der Waals surface area contributed by atoms with Gasteiger partial charge in [-0.3, -0.25) is 9.88 Å². The summed E-state index contributed by atoms with van der Waals surface area (Å²) in [5.41, 5.74) is 13.8. The van der Waals surface area contributed by atoms with Gasteiger partial charge in [0.2, 0.25) is 0 Å². The third-order valence-electron chi connectivity index (χ3n) is 5.64. The lowest BCUT2D eigenvalue weighted by Crippen LogP contribution is -2.43. The Morgan fingerprint density at radius 1 is 1.23 bits per heavy atom. The van der Waals surface area contributed by atoms with E-state index in [4.69, 9.17) is 16.2 Å². The highest BCUT2D eigenvalue weighted by atomic mass is 19.1. The Morgan fingerprint density at radius 2 is 2.00 bits per heavy atom. The molecule has 0 bridgehead atoms. The average Bonchev–Trinajstić information content (AvgIpc) is 3.12. The molecule has 2 aromatic heterocycles. The van der Waals surface area contributed by atoms with Gasteiger partial charge in [0.1, 0.15) is 5.82 Å². The van der Waals surface area contributed by atoms with Crippen LogP contribution in [0.2, 0.25) is 0 Å². The number of nitrogens with zero attached hydrogens (tertiary/aromatic N) is 3. The first kappa shape index (κ1) is 19.8. The average molecular weight is 411 g/mol. The molecule has 9 heteroatoms. The molecule has 8 nitrogen and oxygen atoms in total. The first-order valence-corrected chi connectivity index (χ1v) is 9.47. The second kappa shape index (κ2) is 7.42. The van der Waals surface area contributed by atoms with Crippen molar-refractivity contribution in [2.75, 3.05) is 29.6 Å². The van der Waals surface area contributed by atoms with Crippen LogP contribution in [-0.4, -0.2) is 40.4 Å². The number of fused-ring (bicyclic) bond motifs is 1. The molecule has 1 aliphatic heterocycles. The monoisotopic (exact) mass is 411 g/mol. The fourth-order valence-electron chi connectivity index (χ4n) is 3.82. The number of halogens is 1. The summed E-state index contributed by atoms with van der Waals surface area (Å²) in [6.45, 7) is 4.47. The van der Waals surface area contributed by atoms with Crippen molar-refractivity contribution in [3.05, 3.63) is 42.1 Å². The van der Waals surface area contributed by atoms with Gasteiger partial charge in [-0.2, -0.15) is 0 Å². The summed E-state index contributed by atoms with van der Waals surface area (Å²) in [6, 6.07) is 2.86. The number of carboxylic acid groups (broad SMARTS) is 1. The number of amides is 1. The SMILES string of the molecule is Cc1c(N)cncc1-c1cc2cc(N(C(=O)O)[C@@H]3COC[C@H]3C)ncc2c(N)c1F. The molecule has 4 rings (SSSR count). The standard InChI is InChI=1S/C21H22FN5O3/c1-10-8-30-9-17(10)27(21(28)29)18-4-12-3-13(14-5-25-7-16(23)11(14)2)19(22)20(24)15(12)6-26-18/h3-7,10,17H,8-9,23-24H2,1-2H3,(H,28,29)/t10-,17-/m1/s1. The minimum atomic E-state index is -1.13. The van der Waals surface area contributed by atoms with Crippen LogP contribution in [0.3, 0.4) is 0 Å². The molecule has 0 spiro atoms. The zero-order chi connectivity index (χ0) is 21.6. The normalized spacial score (nSPS) is 18.6. The van der Waals surface area contributed by atoms with Gasteiger partial charge in [-0.1, -0.05) is 6.92 Å². The minimum Gasteiger partial charge on any atom is -0.465 e. The van der Waals surface area contributed by atoms with E-state index in [0.717, 1.165) is 0 Å². The van der Waals surface area contributed by atoms with E-state index in [9.17, 15) is 9.90 Å². The molecule has 0 unspecified atom stereocenters. The molecule has 1 aliphatic rings. The lowest BCUT2D eigenvalue weighted by atomic mass is 9.97. The molecule has 3 aromatic rings. The molecule has 2 atom stereocenters. The summed E-state index contributed by atoms with van der Waals surface area (Å²) in [7, 11) is 0. The smallest absolute Gasteiger partial charge is 0.413 e. The molecule has 156 valence electrons. The molecular formula is C21H22FN5O3. The van der Waals surface area contributed by atoms with Crippen LogP contribution in [0.4, 0.5) is 26.4 Å². The second-order valence-electron chi connectivity index (χ2n) is 7.55. The fraction of sp³-hybridized carbons (Fsp3) is 0.286. The van der Waals surface area contributed by atoms with E-state index in [1.54, 1.807) is 19.1 Å². The van der Waals surface area contributed by atoms with Gasteiger partial charge in [-0.25, -0.2) is 14.2 Å². The van der Waals surface area contributed by atoms with E-state index in [1.165, 1.54) is 23.5 Å². The number of ether oxygens (including phenoxy) is 1. The van der Waals surface area contributed by atoms with Crippen LogP contribution in [0.25, 0.3) is 21.9 Å². The molecule has 0 aliphatic carbocycles. The van der Waals surface area contributed by atoms with Crippen LogP contribution in [-0.2, 0) is 4.74 Å². The number of anilines is 3. The molecule has 30 heavy (non-hydrogen) atoms. The van der Waals surface area contributed by atoms with Gasteiger partial charge in [0.15, 0.2) is 5.82 Å². The lowest BCUT2D eigenvalue weighted by Gasteiger charge is -2.27. The highest BCUT2D eigenvalue weighted by Crippen LogP contribution is 2.37. The maximum Gasteiger partial charge on any atom is 0.413 e. The summed E-state index contributed by atoms with van der Waals surface area (Å²) in [5.74, 6) is -0.342. The van der Waals surface area contributed by atoms with Crippen LogP contribution < -0.4 is 16.4 Å². The summed E-state index contributed by atoms with van der Waals surface area (Å²) < 4.78 is 20.5. The number of rotatable bonds is 3. The van der Waals surface area contributed by atoms with Crippen molar-refractivity contribution in [2.24, 2.45) is 5.92 Å². The molecule has 1 saturated heterocycles. The number of benzene rings is 1. The second-order valence-corrected chi connectivity index (χ2v) is 7.55. The van der Waals surface area contributed by atoms with E-state index in [1.807, 2.05) is 6.92 Å². The number of carbonyl (C=O) groups is 1. The van der Waals surface area contributed by atoms with Gasteiger partial charge < -0.3 is 21.3 Å². The first-order valence-electron chi connectivity index (χ1n) is 9.47. The summed E-state index contributed by atoms with van der Waals surface area (Å²) in [6.07, 6.45) is 3.29. The van der Waals surface area contributed by atoms with Crippen LogP contribution in [0.15, 0.2) is 30.7 Å². The maximum atomic E-state index is 15.1. The van der Waals surface area contributed by atoms with Crippen molar-refractivity contribution in [1.82, 2.24) is 9.97 Å². The molecule has 1 aromatic carbocycles. The molecule has 5 N–H and O–H groups in total. The third-order valence-corrected chi connectivity index (χ3v) is 5.64. The van der Waals surface area contributed by atoms with Crippen molar-refractivity contribution in [1.29, 1.82) is 0 Å². The van der Waals surface area contributed by atoms with Crippen molar-refractivity contribution in [3.63, 3.8) is 0 Å². The third kappa shape index (κ3) is 3.17. The highest BCUT2D eigenvalue weighted by molar-refractivity contribution is 5.99. The summed E-state index contributed by atoms with van der Waals surface area (Å²) in [5, 5.41) is 10.8. The van der Waals surface area contributed by atoms with E-state index in [-0.39, 0.29) is 35.6 Å². The van der Waals surface area contributed by atoms with Crippen molar-refractivity contribution >= 4 is 34.1 Å². The lowest BCUT2D eigenvalue weighted by molar-refractivity contribution is 0.181. The predicted octanol–water partition coefficient (Wildman–Crippen LogP) is 3.43. The van der Waals surface area contributed by atoms with Crippen LogP contribution >= 0.6 is 0 Å². The Bertz CT molecular complexity index is 1150. The Morgan fingerprint density at radius 3 is 2.67 bits per heavy atom. The minimum absolute atomic E-state index is 0.0217. The van der Waals surface area contributed by atoms with E-state index in [2.05, 4.69) is 9.97 Å². The largest absolute Gasteiger partial charge is 0.465 e. The van der Waals surface area contributed by atoms with Crippen LogP contribution in [0, 0.1) is 18.7 Å². The molecular weight excluding hydrogens is 389 g/mol. The molecule has 1 fully saturated rings. The predicted molar refractivity (Wildman–Crippen MR) is 113 cm³/mol. The van der Waals surface area contributed by atoms with E-state index < -0.39 is 11.9 Å². The number of hydrogen-bond acceptors (Lipinski definition) is 6. The number of pyridine rings is 2. The zero-order valence-electron chi connectivity index (χ0n) is 16.6. The van der Waals surface area contributed by atoms with Gasteiger partial charge in [0, 0.05) is 34.8 Å². The van der Waals surface area contributed by atoms with Gasteiger partial charge in [-0.15, -0.1) is 0 Å². The molecule has 1 amide bonds. The van der Waals surface area contributed by atoms with E-state index >= 15 is 4.39 Å². The van der Waals surface area contributed by atoms with Crippen molar-refractivity contribution in [2.45, 2.75) is 19.9 Å². The summed E-state index contributed by atoms with van der Waals surface area (Å²) >= 11 is 0. The number of hydrogen-bond donors (Lipinski definition) is 3. The Labute approximate surface area is 172 Å². The number of nitrogens with two attached hydrogens (primary N) is 2. The number of nitrogen functional groups attached to an aromatic ring is 2. The summed E-state index contributed by atoms with van der Waals surface area (Å²) in [4.78, 5) is 21.5. The van der Waals surface area contributed by atoms with Gasteiger partial charge in [0.25, 0.3) is 0 Å². The van der Waals surface area contributed by atoms with E-state index in [0.29, 0.717) is 34.2 Å². The van der Waals surface area contributed by atoms with Crippen molar-refractivity contribution in [3.8, 4) is 11.1 Å². The quantitative estimate of drug-likeness (QED) is 0.563. The Balaban J connectivity index is 1.89. The van der Waals surface area contributed by atoms with Gasteiger partial charge >= 0.3 is 6.09 Å². The molecule has 0 radical (unpaired) electrons. The maximum absolute atomic E-state index is 15.1. The first-order chi connectivity index (χ1) is 14.3. The van der Waals surface area contributed by atoms with Crippen LogP contribution in [0.5, 0.6) is 0 Å². The highest BCUT2D eigenvalue weighted by Gasteiger charge is 2.35. The zero-order valence-corrected chi connectivity index (χ0v) is 16.6. The molecule has 0 saturated carbocycles.